The van der Waals surface area contributed by atoms with Gasteiger partial charge in [0, 0.05) is 25.7 Å². The van der Waals surface area contributed by atoms with E-state index in [1.54, 1.807) is 0 Å². The Morgan fingerprint density at radius 1 is 1.69 bits per heavy atom. The van der Waals surface area contributed by atoms with Gasteiger partial charge in [0.1, 0.15) is 4.90 Å². The van der Waals surface area contributed by atoms with E-state index in [0.717, 1.165) is 0 Å². The number of rotatable bonds is 5. The lowest BCUT2D eigenvalue weighted by molar-refractivity contribution is 0.582. The van der Waals surface area contributed by atoms with Crippen LogP contribution in [-0.4, -0.2) is 24.7 Å². The maximum atomic E-state index is 11.7. The van der Waals surface area contributed by atoms with E-state index in [2.05, 4.69) is 15.7 Å². The van der Waals surface area contributed by atoms with Crippen molar-refractivity contribution in [3.05, 3.63) is 6.20 Å². The van der Waals surface area contributed by atoms with E-state index in [-0.39, 0.29) is 17.3 Å². The first-order chi connectivity index (χ1) is 7.51. The molecule has 3 N–H and O–H groups in total. The number of aryl methyl sites for hydroxylation is 1. The second-order valence-corrected chi connectivity index (χ2v) is 4.82. The number of aromatic nitrogens is 2. The molecule has 0 amide bonds. The van der Waals surface area contributed by atoms with Crippen LogP contribution in [0.3, 0.4) is 0 Å². The van der Waals surface area contributed by atoms with E-state index in [4.69, 9.17) is 12.2 Å². The van der Waals surface area contributed by atoms with Crippen LogP contribution in [0.2, 0.25) is 0 Å². The highest BCUT2D eigenvalue weighted by atomic mass is 32.2. The molecule has 1 aromatic heterocycles. The van der Waals surface area contributed by atoms with Gasteiger partial charge in [-0.05, 0) is 6.92 Å². The van der Waals surface area contributed by atoms with Crippen LogP contribution >= 0.6 is 0 Å². The van der Waals surface area contributed by atoms with Crippen molar-refractivity contribution in [2.45, 2.75) is 24.8 Å². The first-order valence-electron chi connectivity index (χ1n) is 4.77. The van der Waals surface area contributed by atoms with Crippen molar-refractivity contribution in [1.82, 2.24) is 14.5 Å². The molecule has 16 heavy (non-hydrogen) atoms. The average Bonchev–Trinajstić information content (AvgIpc) is 2.60. The number of terminal acetylenes is 1. The molecule has 88 valence electrons. The van der Waals surface area contributed by atoms with Gasteiger partial charge >= 0.3 is 0 Å². The van der Waals surface area contributed by atoms with Crippen molar-refractivity contribution in [3.8, 4) is 12.3 Å². The minimum Gasteiger partial charge on any atom is -0.381 e. The lowest BCUT2D eigenvalue weighted by atomic mass is 10.5. The van der Waals surface area contributed by atoms with Gasteiger partial charge in [0.05, 0.1) is 0 Å². The zero-order valence-electron chi connectivity index (χ0n) is 8.97. The minimum absolute atomic E-state index is 0.00458. The van der Waals surface area contributed by atoms with Gasteiger partial charge in [-0.15, -0.1) is 12.3 Å². The maximum Gasteiger partial charge on any atom is 0.245 e. The molecule has 0 aliphatic carbocycles. The summed E-state index contributed by atoms with van der Waals surface area (Å²) in [7, 11) is -3.61. The fourth-order valence-corrected chi connectivity index (χ4v) is 2.23. The highest BCUT2D eigenvalue weighted by molar-refractivity contribution is 7.89. The third kappa shape index (κ3) is 2.74. The summed E-state index contributed by atoms with van der Waals surface area (Å²) in [5.41, 5.74) is 5.52. The molecule has 0 aliphatic rings. The summed E-state index contributed by atoms with van der Waals surface area (Å²) < 4.78 is 27.3. The monoisotopic (exact) mass is 242 g/mol. The van der Waals surface area contributed by atoms with Gasteiger partial charge in [0.15, 0.2) is 5.82 Å². The van der Waals surface area contributed by atoms with Crippen LogP contribution in [0.4, 0.5) is 5.82 Å². The SMILES string of the molecule is C#CCCNS(=O)(=O)c1cn(CC)nc1N. The zero-order chi connectivity index (χ0) is 12.2. The Labute approximate surface area is 94.9 Å². The highest BCUT2D eigenvalue weighted by Crippen LogP contribution is 2.15. The molecule has 1 rings (SSSR count). The van der Waals surface area contributed by atoms with Gasteiger partial charge in [0.25, 0.3) is 0 Å². The number of nitrogens with zero attached hydrogens (tertiary/aromatic N) is 2. The molecule has 0 radical (unpaired) electrons. The predicted octanol–water partition coefficient (Wildman–Crippen LogP) is -0.213. The van der Waals surface area contributed by atoms with Crippen molar-refractivity contribution >= 4 is 15.8 Å². The Kier molecular flexibility index (Phi) is 3.93. The molecule has 0 aromatic carbocycles. The smallest absolute Gasteiger partial charge is 0.245 e. The van der Waals surface area contributed by atoms with E-state index in [1.807, 2.05) is 6.92 Å². The minimum atomic E-state index is -3.61. The second kappa shape index (κ2) is 5.01. The van der Waals surface area contributed by atoms with Gasteiger partial charge in [-0.2, -0.15) is 5.10 Å². The van der Waals surface area contributed by atoms with E-state index >= 15 is 0 Å². The molecule has 0 fully saturated rings. The Morgan fingerprint density at radius 3 is 2.88 bits per heavy atom. The number of nitrogens with one attached hydrogen (secondary N) is 1. The standard InChI is InChI=1S/C9H14N4O2S/c1-3-5-6-11-16(14,15)8-7-13(4-2)12-9(8)10/h1,7,11H,4-6H2,2H3,(H2,10,12). The van der Waals surface area contributed by atoms with Crippen LogP contribution in [-0.2, 0) is 16.6 Å². The average molecular weight is 242 g/mol. The lowest BCUT2D eigenvalue weighted by Gasteiger charge is -2.02. The molecule has 6 nitrogen and oxygen atoms in total. The largest absolute Gasteiger partial charge is 0.381 e. The molecule has 1 heterocycles. The first-order valence-corrected chi connectivity index (χ1v) is 6.25. The summed E-state index contributed by atoms with van der Waals surface area (Å²) in [6.45, 7) is 2.59. The molecule has 0 saturated carbocycles. The van der Waals surface area contributed by atoms with Gasteiger partial charge in [0.2, 0.25) is 10.0 Å². The van der Waals surface area contributed by atoms with Crippen LogP contribution in [0.25, 0.3) is 0 Å². The molecule has 0 atom stereocenters. The number of hydrogen-bond donors (Lipinski definition) is 2. The molecule has 0 spiro atoms. The van der Waals surface area contributed by atoms with Crippen molar-refractivity contribution in [3.63, 3.8) is 0 Å². The summed E-state index contributed by atoms with van der Waals surface area (Å²) in [6.07, 6.45) is 6.76. The van der Waals surface area contributed by atoms with E-state index in [1.165, 1.54) is 10.9 Å². The second-order valence-electron chi connectivity index (χ2n) is 3.09. The summed E-state index contributed by atoms with van der Waals surface area (Å²) >= 11 is 0. The first kappa shape index (κ1) is 12.5. The molecule has 0 bridgehead atoms. The predicted molar refractivity (Wildman–Crippen MR) is 61.0 cm³/mol. The maximum absolute atomic E-state index is 11.7. The van der Waals surface area contributed by atoms with Crippen LogP contribution in [0.1, 0.15) is 13.3 Å². The Balaban J connectivity index is 2.90. The van der Waals surface area contributed by atoms with Gasteiger partial charge in [-0.25, -0.2) is 13.1 Å². The third-order valence-electron chi connectivity index (χ3n) is 1.93. The van der Waals surface area contributed by atoms with E-state index in [0.29, 0.717) is 13.0 Å². The lowest BCUT2D eigenvalue weighted by Crippen LogP contribution is -2.25. The number of hydrogen-bond acceptors (Lipinski definition) is 4. The zero-order valence-corrected chi connectivity index (χ0v) is 9.79. The molecule has 1 aromatic rings. The molecule has 0 unspecified atom stereocenters. The van der Waals surface area contributed by atoms with E-state index in [9.17, 15) is 8.42 Å². The fourth-order valence-electron chi connectivity index (χ4n) is 1.12. The number of nitrogens with two attached hydrogens (primary N) is 1. The highest BCUT2D eigenvalue weighted by Gasteiger charge is 2.19. The van der Waals surface area contributed by atoms with E-state index < -0.39 is 10.0 Å². The van der Waals surface area contributed by atoms with Crippen molar-refractivity contribution in [1.29, 1.82) is 0 Å². The topological polar surface area (TPSA) is 90.0 Å². The molecule has 0 saturated heterocycles. The normalized spacial score (nSPS) is 11.2. The molecular weight excluding hydrogens is 228 g/mol. The van der Waals surface area contributed by atoms with Crippen molar-refractivity contribution in [2.24, 2.45) is 0 Å². The van der Waals surface area contributed by atoms with Crippen molar-refractivity contribution < 1.29 is 8.42 Å². The molecular formula is C9H14N4O2S. The summed E-state index contributed by atoms with van der Waals surface area (Å²) in [5, 5.41) is 3.86. The number of sulfonamides is 1. The van der Waals surface area contributed by atoms with Crippen LogP contribution in [0.5, 0.6) is 0 Å². The Bertz CT molecular complexity index is 498. The summed E-state index contributed by atoms with van der Waals surface area (Å²) in [6, 6.07) is 0. The van der Waals surface area contributed by atoms with Crippen LogP contribution in [0, 0.1) is 12.3 Å². The van der Waals surface area contributed by atoms with Gasteiger partial charge in [-0.1, -0.05) is 0 Å². The third-order valence-corrected chi connectivity index (χ3v) is 3.41. The van der Waals surface area contributed by atoms with Crippen molar-refractivity contribution in [2.75, 3.05) is 12.3 Å². The number of nitrogen functional groups attached to an aromatic ring is 1. The van der Waals surface area contributed by atoms with Crippen LogP contribution < -0.4 is 10.5 Å². The number of anilines is 1. The van der Waals surface area contributed by atoms with Gasteiger partial charge in [-0.3, -0.25) is 4.68 Å². The quantitative estimate of drug-likeness (QED) is 0.552. The van der Waals surface area contributed by atoms with Crippen LogP contribution in [0.15, 0.2) is 11.1 Å². The molecule has 0 aliphatic heterocycles. The summed E-state index contributed by atoms with van der Waals surface area (Å²) in [4.78, 5) is -0.00799. The molecule has 7 heteroatoms. The van der Waals surface area contributed by atoms with Gasteiger partial charge < -0.3 is 5.73 Å². The Morgan fingerprint density at radius 2 is 2.38 bits per heavy atom. The fraction of sp³-hybridized carbons (Fsp3) is 0.444. The summed E-state index contributed by atoms with van der Waals surface area (Å²) in [5.74, 6) is 2.34. The Hall–Kier alpha value is -1.52.